The zero-order valence-corrected chi connectivity index (χ0v) is 16.2. The van der Waals surface area contributed by atoms with E-state index in [4.69, 9.17) is 4.42 Å². The summed E-state index contributed by atoms with van der Waals surface area (Å²) in [7, 11) is 0. The molecule has 2 N–H and O–H groups in total. The van der Waals surface area contributed by atoms with Crippen LogP contribution in [0.2, 0.25) is 0 Å². The summed E-state index contributed by atoms with van der Waals surface area (Å²) >= 11 is 0. The fourth-order valence-electron chi connectivity index (χ4n) is 3.16. The minimum Gasteiger partial charge on any atom is -0.465 e. The van der Waals surface area contributed by atoms with Crippen molar-refractivity contribution in [3.05, 3.63) is 108 Å². The lowest BCUT2D eigenvalue weighted by atomic mass is 10.1. The second-order valence-corrected chi connectivity index (χ2v) is 6.85. The van der Waals surface area contributed by atoms with Crippen molar-refractivity contribution in [1.29, 1.82) is 0 Å². The quantitative estimate of drug-likeness (QED) is 0.435. The van der Waals surface area contributed by atoms with E-state index in [-0.39, 0.29) is 5.91 Å². The Morgan fingerprint density at radius 1 is 0.793 bits per heavy atom. The van der Waals surface area contributed by atoms with Crippen molar-refractivity contribution in [2.45, 2.75) is 13.5 Å². The molecule has 0 unspecified atom stereocenters. The molecule has 0 radical (unpaired) electrons. The molecule has 0 aliphatic rings. The number of carbonyl (C=O) groups excluding carboxylic acids is 1. The van der Waals surface area contributed by atoms with Gasteiger partial charge in [0, 0.05) is 16.9 Å². The van der Waals surface area contributed by atoms with Gasteiger partial charge in [0.15, 0.2) is 0 Å². The molecule has 4 heteroatoms. The van der Waals surface area contributed by atoms with Gasteiger partial charge in [-0.2, -0.15) is 0 Å². The van der Waals surface area contributed by atoms with Crippen molar-refractivity contribution in [2.75, 3.05) is 5.32 Å². The van der Waals surface area contributed by atoms with Crippen LogP contribution in [0.15, 0.2) is 95.4 Å². The fourth-order valence-corrected chi connectivity index (χ4v) is 3.16. The molecule has 3 aromatic carbocycles. The van der Waals surface area contributed by atoms with Crippen LogP contribution >= 0.6 is 0 Å². The van der Waals surface area contributed by atoms with Gasteiger partial charge in [0.25, 0.3) is 5.91 Å². The van der Waals surface area contributed by atoms with E-state index in [0.29, 0.717) is 12.1 Å². The SMILES string of the molecule is Cc1ccc(CNC(=O)c2cccc(Nc3cccc(-c4ccccc4)c3)c2)o1. The van der Waals surface area contributed by atoms with Crippen LogP contribution in [0.5, 0.6) is 0 Å². The van der Waals surface area contributed by atoms with Gasteiger partial charge in [0.1, 0.15) is 11.5 Å². The summed E-state index contributed by atoms with van der Waals surface area (Å²) < 4.78 is 5.49. The summed E-state index contributed by atoms with van der Waals surface area (Å²) in [5, 5.41) is 6.28. The largest absolute Gasteiger partial charge is 0.465 e. The smallest absolute Gasteiger partial charge is 0.251 e. The van der Waals surface area contributed by atoms with Crippen LogP contribution in [0, 0.1) is 6.92 Å². The lowest BCUT2D eigenvalue weighted by Crippen LogP contribution is -2.22. The van der Waals surface area contributed by atoms with E-state index in [1.807, 2.05) is 67.6 Å². The van der Waals surface area contributed by atoms with Gasteiger partial charge in [-0.25, -0.2) is 0 Å². The van der Waals surface area contributed by atoms with Gasteiger partial charge >= 0.3 is 0 Å². The molecule has 0 bridgehead atoms. The molecular weight excluding hydrogens is 360 g/mol. The van der Waals surface area contributed by atoms with Gasteiger partial charge < -0.3 is 15.1 Å². The van der Waals surface area contributed by atoms with E-state index in [9.17, 15) is 4.79 Å². The molecule has 0 saturated heterocycles. The Morgan fingerprint density at radius 3 is 2.28 bits per heavy atom. The van der Waals surface area contributed by atoms with Gasteiger partial charge in [0.2, 0.25) is 0 Å². The molecule has 0 atom stereocenters. The zero-order chi connectivity index (χ0) is 20.1. The summed E-state index contributed by atoms with van der Waals surface area (Å²) in [6.45, 7) is 2.25. The highest BCUT2D eigenvalue weighted by molar-refractivity contribution is 5.95. The standard InChI is InChI=1S/C25H22N2O2/c1-18-13-14-24(29-18)17-26-25(28)21-10-6-12-23(16-21)27-22-11-5-9-20(15-22)19-7-3-2-4-8-19/h2-16,27H,17H2,1H3,(H,26,28). The lowest BCUT2D eigenvalue weighted by molar-refractivity contribution is 0.0948. The Kier molecular flexibility index (Phi) is 5.43. The third-order valence-corrected chi connectivity index (χ3v) is 4.60. The summed E-state index contributed by atoms with van der Waals surface area (Å²) in [4.78, 5) is 12.5. The second-order valence-electron chi connectivity index (χ2n) is 6.85. The first-order valence-electron chi connectivity index (χ1n) is 9.53. The van der Waals surface area contributed by atoms with Crippen molar-refractivity contribution in [2.24, 2.45) is 0 Å². The number of amides is 1. The van der Waals surface area contributed by atoms with E-state index in [0.717, 1.165) is 34.0 Å². The number of rotatable bonds is 6. The molecule has 4 aromatic rings. The fraction of sp³-hybridized carbons (Fsp3) is 0.0800. The molecule has 4 rings (SSSR count). The lowest BCUT2D eigenvalue weighted by Gasteiger charge is -2.10. The van der Waals surface area contributed by atoms with Gasteiger partial charge in [0.05, 0.1) is 6.54 Å². The third kappa shape index (κ3) is 4.74. The first-order chi connectivity index (χ1) is 14.2. The number of benzene rings is 3. The number of carbonyl (C=O) groups is 1. The normalized spacial score (nSPS) is 10.5. The van der Waals surface area contributed by atoms with Gasteiger partial charge in [-0.3, -0.25) is 4.79 Å². The molecule has 0 spiro atoms. The number of aryl methyl sites for hydroxylation is 1. The average molecular weight is 382 g/mol. The number of nitrogens with one attached hydrogen (secondary N) is 2. The third-order valence-electron chi connectivity index (χ3n) is 4.60. The molecule has 0 aliphatic carbocycles. The second kappa shape index (κ2) is 8.48. The van der Waals surface area contributed by atoms with Crippen molar-refractivity contribution >= 4 is 17.3 Å². The maximum atomic E-state index is 12.5. The van der Waals surface area contributed by atoms with Crippen LogP contribution in [-0.2, 0) is 6.54 Å². The summed E-state index contributed by atoms with van der Waals surface area (Å²) in [6.07, 6.45) is 0. The topological polar surface area (TPSA) is 54.3 Å². The molecule has 29 heavy (non-hydrogen) atoms. The summed E-state index contributed by atoms with van der Waals surface area (Å²) in [6, 6.07) is 29.7. The number of furan rings is 1. The van der Waals surface area contributed by atoms with Gasteiger partial charge in [-0.1, -0.05) is 48.5 Å². The van der Waals surface area contributed by atoms with E-state index in [1.54, 1.807) is 6.07 Å². The Hall–Kier alpha value is -3.79. The molecule has 4 nitrogen and oxygen atoms in total. The predicted molar refractivity (Wildman–Crippen MR) is 116 cm³/mol. The monoisotopic (exact) mass is 382 g/mol. The van der Waals surface area contributed by atoms with Crippen LogP contribution in [-0.4, -0.2) is 5.91 Å². The summed E-state index contributed by atoms with van der Waals surface area (Å²) in [5.41, 5.74) is 4.72. The van der Waals surface area contributed by atoms with Gasteiger partial charge in [-0.15, -0.1) is 0 Å². The first-order valence-corrected chi connectivity index (χ1v) is 9.53. The maximum absolute atomic E-state index is 12.5. The van der Waals surface area contributed by atoms with Crippen LogP contribution < -0.4 is 10.6 Å². The van der Waals surface area contributed by atoms with E-state index in [2.05, 4.69) is 34.9 Å². The maximum Gasteiger partial charge on any atom is 0.251 e. The first kappa shape index (κ1) is 18.6. The van der Waals surface area contributed by atoms with Crippen molar-refractivity contribution in [3.63, 3.8) is 0 Å². The molecule has 144 valence electrons. The van der Waals surface area contributed by atoms with Gasteiger partial charge in [-0.05, 0) is 60.5 Å². The number of hydrogen-bond donors (Lipinski definition) is 2. The molecule has 0 aliphatic heterocycles. The molecule has 0 fully saturated rings. The highest BCUT2D eigenvalue weighted by atomic mass is 16.3. The minimum atomic E-state index is -0.138. The Morgan fingerprint density at radius 2 is 1.52 bits per heavy atom. The molecule has 1 aromatic heterocycles. The Balaban J connectivity index is 1.45. The minimum absolute atomic E-state index is 0.138. The van der Waals surface area contributed by atoms with Crippen LogP contribution in [0.3, 0.4) is 0 Å². The number of hydrogen-bond acceptors (Lipinski definition) is 3. The molecule has 0 saturated carbocycles. The van der Waals surface area contributed by atoms with E-state index in [1.165, 1.54) is 0 Å². The highest BCUT2D eigenvalue weighted by Crippen LogP contribution is 2.25. The van der Waals surface area contributed by atoms with E-state index >= 15 is 0 Å². The molecule has 1 heterocycles. The van der Waals surface area contributed by atoms with Crippen LogP contribution in [0.4, 0.5) is 11.4 Å². The van der Waals surface area contributed by atoms with Crippen LogP contribution in [0.25, 0.3) is 11.1 Å². The predicted octanol–water partition coefficient (Wildman–Crippen LogP) is 5.93. The Labute approximate surface area is 170 Å². The average Bonchev–Trinajstić information content (AvgIpc) is 3.18. The highest BCUT2D eigenvalue weighted by Gasteiger charge is 2.08. The number of anilines is 2. The van der Waals surface area contributed by atoms with Crippen molar-refractivity contribution in [3.8, 4) is 11.1 Å². The zero-order valence-electron chi connectivity index (χ0n) is 16.2. The molecular formula is C25H22N2O2. The summed E-state index contributed by atoms with van der Waals surface area (Å²) in [5.74, 6) is 1.43. The van der Waals surface area contributed by atoms with E-state index < -0.39 is 0 Å². The van der Waals surface area contributed by atoms with Crippen LogP contribution in [0.1, 0.15) is 21.9 Å². The Bertz CT molecular complexity index is 1120. The van der Waals surface area contributed by atoms with Crippen molar-refractivity contribution in [1.82, 2.24) is 5.32 Å². The molecule has 1 amide bonds. The van der Waals surface area contributed by atoms with Crippen molar-refractivity contribution < 1.29 is 9.21 Å².